The van der Waals surface area contributed by atoms with Crippen LogP contribution in [0.4, 0.5) is 10.5 Å². The molecule has 0 atom stereocenters. The second-order valence-corrected chi connectivity index (χ2v) is 5.27. The Labute approximate surface area is 124 Å². The summed E-state index contributed by atoms with van der Waals surface area (Å²) < 4.78 is 0. The van der Waals surface area contributed by atoms with Crippen molar-refractivity contribution < 1.29 is 14.7 Å². The number of hydrogen-bond acceptors (Lipinski definition) is 4. The van der Waals surface area contributed by atoms with Crippen LogP contribution in [-0.4, -0.2) is 54.7 Å². The average molecular weight is 291 g/mol. The van der Waals surface area contributed by atoms with Gasteiger partial charge in [-0.3, -0.25) is 15.0 Å². The number of para-hydroxylation sites is 1. The van der Waals surface area contributed by atoms with E-state index in [-0.39, 0.29) is 11.9 Å². The molecule has 114 valence electrons. The van der Waals surface area contributed by atoms with Crippen LogP contribution in [0.25, 0.3) is 0 Å². The molecule has 6 heteroatoms. The number of rotatable bonds is 1. The number of aliphatic hydroxyl groups excluding tert-OH is 1. The van der Waals surface area contributed by atoms with Crippen molar-refractivity contribution in [1.82, 2.24) is 10.2 Å². The normalized spacial score (nSPS) is 21.0. The Balaban J connectivity index is 0.000000774. The van der Waals surface area contributed by atoms with Gasteiger partial charge in [0.25, 0.3) is 5.91 Å². The lowest BCUT2D eigenvalue weighted by Crippen LogP contribution is -2.56. The van der Waals surface area contributed by atoms with Crippen molar-refractivity contribution in [3.63, 3.8) is 0 Å². The second kappa shape index (κ2) is 6.24. The van der Waals surface area contributed by atoms with E-state index in [1.54, 1.807) is 4.90 Å². The maximum absolute atomic E-state index is 12.3. The lowest BCUT2D eigenvalue weighted by Gasteiger charge is -2.41. The molecule has 2 N–H and O–H groups in total. The molecule has 3 rings (SSSR count). The van der Waals surface area contributed by atoms with E-state index in [1.165, 1.54) is 0 Å². The number of aliphatic hydroxyl groups is 1. The first kappa shape index (κ1) is 15.5. The molecule has 2 aliphatic heterocycles. The molecule has 0 aromatic heterocycles. The average Bonchev–Trinajstić information content (AvgIpc) is 2.76. The molecule has 3 amide bonds. The highest BCUT2D eigenvalue weighted by Gasteiger charge is 2.54. The molecule has 1 aromatic carbocycles. The van der Waals surface area contributed by atoms with Crippen molar-refractivity contribution in [1.29, 1.82) is 0 Å². The van der Waals surface area contributed by atoms with Crippen molar-refractivity contribution in [2.24, 2.45) is 0 Å². The van der Waals surface area contributed by atoms with Crippen LogP contribution in [0.1, 0.15) is 12.8 Å². The Bertz CT molecular complexity index is 510. The molecule has 2 fully saturated rings. The third-order valence-corrected chi connectivity index (χ3v) is 4.10. The number of anilines is 1. The summed E-state index contributed by atoms with van der Waals surface area (Å²) in [5.41, 5.74) is 0.0840. The van der Waals surface area contributed by atoms with Crippen LogP contribution in [0, 0.1) is 0 Å². The van der Waals surface area contributed by atoms with Crippen molar-refractivity contribution in [2.75, 3.05) is 32.1 Å². The molecule has 1 spiro atoms. The van der Waals surface area contributed by atoms with E-state index in [9.17, 15) is 9.59 Å². The monoisotopic (exact) mass is 291 g/mol. The highest BCUT2D eigenvalue weighted by atomic mass is 16.2. The number of piperidine rings is 1. The predicted molar refractivity (Wildman–Crippen MR) is 80.1 cm³/mol. The quantitative estimate of drug-likeness (QED) is 0.751. The fourth-order valence-electron chi connectivity index (χ4n) is 2.95. The summed E-state index contributed by atoms with van der Waals surface area (Å²) in [7, 11) is 3.04. The number of amides is 3. The maximum atomic E-state index is 12.3. The molecular weight excluding hydrogens is 270 g/mol. The molecule has 2 saturated heterocycles. The first-order valence-corrected chi connectivity index (χ1v) is 6.97. The zero-order valence-corrected chi connectivity index (χ0v) is 12.4. The van der Waals surface area contributed by atoms with Crippen LogP contribution in [0.2, 0.25) is 0 Å². The van der Waals surface area contributed by atoms with E-state index in [0.717, 1.165) is 25.9 Å². The molecule has 0 saturated carbocycles. The lowest BCUT2D eigenvalue weighted by molar-refractivity contribution is -0.124. The zero-order valence-electron chi connectivity index (χ0n) is 12.4. The molecule has 21 heavy (non-hydrogen) atoms. The lowest BCUT2D eigenvalue weighted by atomic mass is 9.86. The third-order valence-electron chi connectivity index (χ3n) is 4.10. The molecule has 0 unspecified atom stereocenters. The van der Waals surface area contributed by atoms with Crippen molar-refractivity contribution in [2.45, 2.75) is 18.4 Å². The van der Waals surface area contributed by atoms with Crippen LogP contribution in [0.5, 0.6) is 0 Å². The highest BCUT2D eigenvalue weighted by molar-refractivity contribution is 6.17. The molecule has 0 bridgehead atoms. The number of benzene rings is 1. The van der Waals surface area contributed by atoms with Crippen LogP contribution >= 0.6 is 0 Å². The number of hydrogen-bond donors (Lipinski definition) is 2. The summed E-state index contributed by atoms with van der Waals surface area (Å²) in [5.74, 6) is -0.158. The van der Waals surface area contributed by atoms with E-state index in [2.05, 4.69) is 10.2 Å². The number of nitrogens with zero attached hydrogens (tertiary/aromatic N) is 2. The summed E-state index contributed by atoms with van der Waals surface area (Å²) in [5, 5.41) is 9.47. The molecule has 6 nitrogen and oxygen atoms in total. The third kappa shape index (κ3) is 2.64. The number of carbonyl (C=O) groups excluding carboxylic acids is 2. The highest BCUT2D eigenvalue weighted by Crippen LogP contribution is 2.36. The number of carbonyl (C=O) groups is 2. The van der Waals surface area contributed by atoms with Gasteiger partial charge < -0.3 is 10.0 Å². The van der Waals surface area contributed by atoms with Gasteiger partial charge in [-0.05, 0) is 32.0 Å². The van der Waals surface area contributed by atoms with Gasteiger partial charge in [0.1, 0.15) is 5.54 Å². The SMILES string of the molecule is CN1CCC2(CC1)C(=O)NC(=O)N2c1ccccc1.CO. The Morgan fingerprint density at radius 3 is 2.24 bits per heavy atom. The minimum atomic E-state index is -0.703. The number of imide groups is 1. The van der Waals surface area contributed by atoms with Gasteiger partial charge in [-0.2, -0.15) is 0 Å². The van der Waals surface area contributed by atoms with E-state index < -0.39 is 5.54 Å². The number of urea groups is 1. The Hall–Kier alpha value is -1.92. The fourth-order valence-corrected chi connectivity index (χ4v) is 2.95. The Morgan fingerprint density at radius 2 is 1.67 bits per heavy atom. The first-order valence-electron chi connectivity index (χ1n) is 6.97. The number of nitrogens with one attached hydrogen (secondary N) is 1. The maximum Gasteiger partial charge on any atom is 0.329 e. The van der Waals surface area contributed by atoms with Crippen molar-refractivity contribution >= 4 is 17.6 Å². The van der Waals surface area contributed by atoms with Crippen molar-refractivity contribution in [3.05, 3.63) is 30.3 Å². The van der Waals surface area contributed by atoms with E-state index >= 15 is 0 Å². The summed E-state index contributed by atoms with van der Waals surface area (Å²) in [4.78, 5) is 28.2. The van der Waals surface area contributed by atoms with Crippen LogP contribution in [0.15, 0.2) is 30.3 Å². The minimum Gasteiger partial charge on any atom is -0.400 e. The minimum absolute atomic E-state index is 0.158. The van der Waals surface area contributed by atoms with Gasteiger partial charge >= 0.3 is 6.03 Å². The standard InChI is InChI=1S/C14H17N3O2.CH4O/c1-16-9-7-14(8-10-16)12(18)15-13(19)17(14)11-5-3-2-4-6-11;1-2/h2-6H,7-10H2,1H3,(H,15,18,19);2H,1H3. The van der Waals surface area contributed by atoms with Gasteiger partial charge in [0.05, 0.1) is 0 Å². The Kier molecular flexibility index (Phi) is 4.59. The molecule has 2 aliphatic rings. The molecular formula is C15H21N3O3. The van der Waals surface area contributed by atoms with Crippen LogP contribution in [-0.2, 0) is 4.79 Å². The smallest absolute Gasteiger partial charge is 0.329 e. The summed E-state index contributed by atoms with van der Waals surface area (Å²) >= 11 is 0. The molecule has 2 heterocycles. The summed E-state index contributed by atoms with van der Waals surface area (Å²) in [6.45, 7) is 1.65. The predicted octanol–water partition coefficient (Wildman–Crippen LogP) is 0.816. The van der Waals surface area contributed by atoms with E-state index in [4.69, 9.17) is 5.11 Å². The molecule has 0 aliphatic carbocycles. The largest absolute Gasteiger partial charge is 0.400 e. The fraction of sp³-hybridized carbons (Fsp3) is 0.467. The van der Waals surface area contributed by atoms with Crippen LogP contribution < -0.4 is 10.2 Å². The van der Waals surface area contributed by atoms with Gasteiger partial charge in [0.2, 0.25) is 0 Å². The van der Waals surface area contributed by atoms with E-state index in [1.807, 2.05) is 37.4 Å². The number of likely N-dealkylation sites (tertiary alicyclic amines) is 1. The first-order chi connectivity index (χ1) is 10.1. The van der Waals surface area contributed by atoms with Crippen molar-refractivity contribution in [3.8, 4) is 0 Å². The zero-order chi connectivity index (χ0) is 15.5. The molecule has 0 radical (unpaired) electrons. The van der Waals surface area contributed by atoms with Gasteiger partial charge in [-0.15, -0.1) is 0 Å². The summed E-state index contributed by atoms with van der Waals surface area (Å²) in [6.07, 6.45) is 1.35. The second-order valence-electron chi connectivity index (χ2n) is 5.27. The van der Waals surface area contributed by atoms with Gasteiger partial charge in [-0.1, -0.05) is 18.2 Å². The van der Waals surface area contributed by atoms with Gasteiger partial charge in [-0.25, -0.2) is 4.79 Å². The summed E-state index contributed by atoms with van der Waals surface area (Å²) in [6, 6.07) is 9.11. The van der Waals surface area contributed by atoms with Gasteiger partial charge in [0.15, 0.2) is 0 Å². The topological polar surface area (TPSA) is 72.9 Å². The molecule has 1 aromatic rings. The Morgan fingerprint density at radius 1 is 1.10 bits per heavy atom. The van der Waals surface area contributed by atoms with Gasteiger partial charge in [0, 0.05) is 25.9 Å². The van der Waals surface area contributed by atoms with Crippen LogP contribution in [0.3, 0.4) is 0 Å². The van der Waals surface area contributed by atoms with E-state index in [0.29, 0.717) is 12.8 Å².